The van der Waals surface area contributed by atoms with E-state index in [1.807, 2.05) is 0 Å². The van der Waals surface area contributed by atoms with Crippen molar-refractivity contribution >= 4 is 13.7 Å². The van der Waals surface area contributed by atoms with Crippen molar-refractivity contribution in [2.45, 2.75) is 44.4 Å². The fourth-order valence-electron chi connectivity index (χ4n) is 3.58. The molecular weight excluding hydrogens is 375 g/mol. The maximum absolute atomic E-state index is 12.4. The molecule has 2 atom stereocenters. The molecule has 2 aliphatic heterocycles. The minimum Gasteiger partial charge on any atom is -0.790 e. The third-order valence-electron chi connectivity index (χ3n) is 4.71. The molecule has 1 aromatic rings. The minimum atomic E-state index is -5.20. The van der Waals surface area contributed by atoms with Crippen LogP contribution in [0.15, 0.2) is 18.2 Å². The molecule has 146 valence electrons. The fraction of sp³-hybridized carbons (Fsp3) is 0.529. The number of carbonyl (C=O) groups excluding carboxylic acids is 1. The quantitative estimate of drug-likeness (QED) is 0.523. The number of hydrogen-bond acceptors (Lipinski definition) is 8. The lowest BCUT2D eigenvalue weighted by atomic mass is 9.85. The Kier molecular flexibility index (Phi) is 5.30. The Labute approximate surface area is 156 Å². The van der Waals surface area contributed by atoms with Crippen LogP contribution in [-0.2, 0) is 18.6 Å². The fourth-order valence-corrected chi connectivity index (χ4v) is 3.77. The van der Waals surface area contributed by atoms with Crippen LogP contribution in [-0.4, -0.2) is 35.8 Å². The topological polar surface area (TPSA) is 135 Å². The molecule has 9 nitrogen and oxygen atoms in total. The molecule has 10 heteroatoms. The molecule has 0 spiro atoms. The normalized spacial score (nSPS) is 24.3. The van der Waals surface area contributed by atoms with E-state index in [1.54, 1.807) is 36.9 Å². The lowest BCUT2D eigenvalue weighted by molar-refractivity contribution is -0.348. The zero-order valence-electron chi connectivity index (χ0n) is 14.9. The van der Waals surface area contributed by atoms with Crippen molar-refractivity contribution < 1.29 is 33.1 Å². The molecule has 2 aliphatic rings. The molecule has 0 aliphatic carbocycles. The Morgan fingerprint density at radius 1 is 1.44 bits per heavy atom. The van der Waals surface area contributed by atoms with E-state index in [4.69, 9.17) is 9.47 Å². The summed E-state index contributed by atoms with van der Waals surface area (Å²) in [5.41, 5.74) is 0.0433. The van der Waals surface area contributed by atoms with Crippen LogP contribution in [0.25, 0.3) is 0 Å². The summed E-state index contributed by atoms with van der Waals surface area (Å²) >= 11 is 0. The molecule has 0 saturated carbocycles. The highest BCUT2D eigenvalue weighted by Gasteiger charge is 2.49. The highest BCUT2D eigenvalue weighted by molar-refractivity contribution is 7.43. The minimum absolute atomic E-state index is 0.0705. The number of likely N-dealkylation sites (tertiary alicyclic amines) is 1. The first kappa shape index (κ1) is 19.8. The van der Waals surface area contributed by atoms with E-state index in [1.165, 1.54) is 0 Å². The van der Waals surface area contributed by atoms with E-state index >= 15 is 0 Å². The molecule has 0 unspecified atom stereocenters. The van der Waals surface area contributed by atoms with Crippen molar-refractivity contribution in [1.29, 1.82) is 5.26 Å². The number of benzene rings is 1. The van der Waals surface area contributed by atoms with Gasteiger partial charge in [-0.05, 0) is 38.5 Å². The molecule has 2 heterocycles. The van der Waals surface area contributed by atoms with Gasteiger partial charge in [-0.3, -0.25) is 4.79 Å². The number of ether oxygens (including phenoxy) is 2. The van der Waals surface area contributed by atoms with Crippen LogP contribution in [0.5, 0.6) is 5.75 Å². The number of amides is 1. The van der Waals surface area contributed by atoms with Gasteiger partial charge in [0, 0.05) is 18.5 Å². The van der Waals surface area contributed by atoms with Gasteiger partial charge in [0.1, 0.15) is 17.5 Å². The third-order valence-corrected chi connectivity index (χ3v) is 5.13. The summed E-state index contributed by atoms with van der Waals surface area (Å²) in [6, 6.07) is 6.36. The molecule has 3 rings (SSSR count). The molecule has 1 aromatic carbocycles. The van der Waals surface area contributed by atoms with Crippen molar-refractivity contribution in [2.75, 3.05) is 13.3 Å². The summed E-state index contributed by atoms with van der Waals surface area (Å²) in [7, 11) is -5.20. The van der Waals surface area contributed by atoms with Gasteiger partial charge in [-0.1, -0.05) is 0 Å². The number of nitriles is 1. The summed E-state index contributed by atoms with van der Waals surface area (Å²) in [5.74, 6) is 0.446. The maximum Gasteiger partial charge on any atom is 0.223 e. The second-order valence-electron chi connectivity index (χ2n) is 6.99. The average Bonchev–Trinajstić information content (AvgIpc) is 2.99. The van der Waals surface area contributed by atoms with Gasteiger partial charge in [-0.25, -0.2) is 0 Å². The van der Waals surface area contributed by atoms with E-state index in [-0.39, 0.29) is 5.91 Å². The highest BCUT2D eigenvalue weighted by Crippen LogP contribution is 2.46. The molecule has 1 saturated heterocycles. The van der Waals surface area contributed by atoms with E-state index in [9.17, 15) is 24.4 Å². The smallest absolute Gasteiger partial charge is 0.223 e. The Bertz CT molecular complexity index is 829. The maximum atomic E-state index is 12.4. The predicted molar refractivity (Wildman–Crippen MR) is 88.0 cm³/mol. The zero-order valence-corrected chi connectivity index (χ0v) is 15.8. The van der Waals surface area contributed by atoms with Gasteiger partial charge in [0.2, 0.25) is 5.91 Å². The number of phosphoric ester groups is 1. The van der Waals surface area contributed by atoms with Crippen LogP contribution in [0.2, 0.25) is 0 Å². The summed E-state index contributed by atoms with van der Waals surface area (Å²) in [6.07, 6.45) is 0.265. The Hall–Kier alpha value is -1.95. The van der Waals surface area contributed by atoms with Crippen LogP contribution in [0, 0.1) is 11.3 Å². The van der Waals surface area contributed by atoms with Gasteiger partial charge in [0.05, 0.1) is 25.5 Å². The molecule has 27 heavy (non-hydrogen) atoms. The number of phosphoric acid groups is 1. The molecule has 0 bridgehead atoms. The van der Waals surface area contributed by atoms with Crippen LogP contribution in [0.4, 0.5) is 0 Å². The van der Waals surface area contributed by atoms with Crippen molar-refractivity contribution in [2.24, 2.45) is 0 Å². The second-order valence-corrected chi connectivity index (χ2v) is 8.14. The molecule has 0 aromatic heterocycles. The Balaban J connectivity index is 2.01. The second kappa shape index (κ2) is 7.23. The molecule has 0 N–H and O–H groups in total. The summed E-state index contributed by atoms with van der Waals surface area (Å²) in [4.78, 5) is 35.5. The largest absolute Gasteiger partial charge is 0.790 e. The monoisotopic (exact) mass is 394 g/mol. The van der Waals surface area contributed by atoms with Crippen molar-refractivity contribution in [3.63, 3.8) is 0 Å². The SMILES string of the molecule is CC1(C)Oc2ccc(C#N)cc2[C@@H](N2CCCC2=O)[C@@H]1OCOP(=O)([O-])[O-]. The number of hydrogen-bond donors (Lipinski definition) is 0. The van der Waals surface area contributed by atoms with Crippen molar-refractivity contribution in [1.82, 2.24) is 4.90 Å². The first-order chi connectivity index (χ1) is 12.6. The third kappa shape index (κ3) is 4.15. The van der Waals surface area contributed by atoms with Crippen molar-refractivity contribution in [3.05, 3.63) is 29.3 Å². The Morgan fingerprint density at radius 2 is 2.19 bits per heavy atom. The predicted octanol–water partition coefficient (Wildman–Crippen LogP) is 0.581. The van der Waals surface area contributed by atoms with E-state index < -0.39 is 32.4 Å². The summed E-state index contributed by atoms with van der Waals surface area (Å²) in [6.45, 7) is 3.19. The number of fused-ring (bicyclic) bond motifs is 1. The Morgan fingerprint density at radius 3 is 2.78 bits per heavy atom. The van der Waals surface area contributed by atoms with Crippen LogP contribution in [0.3, 0.4) is 0 Å². The highest BCUT2D eigenvalue weighted by atomic mass is 31.2. The summed E-state index contributed by atoms with van der Waals surface area (Å²) < 4.78 is 26.5. The molecule has 1 fully saturated rings. The molecule has 0 radical (unpaired) electrons. The van der Waals surface area contributed by atoms with Crippen LogP contribution in [0.1, 0.15) is 43.9 Å². The number of nitrogens with zero attached hydrogens (tertiary/aromatic N) is 2. The van der Waals surface area contributed by atoms with Gasteiger partial charge in [-0.2, -0.15) is 5.26 Å². The van der Waals surface area contributed by atoms with Gasteiger partial charge >= 0.3 is 0 Å². The molecule has 1 amide bonds. The lowest BCUT2D eigenvalue weighted by Crippen LogP contribution is -2.55. The van der Waals surface area contributed by atoms with Crippen LogP contribution >= 0.6 is 7.82 Å². The van der Waals surface area contributed by atoms with Gasteiger partial charge in [-0.15, -0.1) is 0 Å². The summed E-state index contributed by atoms with van der Waals surface area (Å²) in [5, 5.41) is 9.22. The van der Waals surface area contributed by atoms with Gasteiger partial charge in [0.15, 0.2) is 6.79 Å². The van der Waals surface area contributed by atoms with Crippen molar-refractivity contribution in [3.8, 4) is 11.8 Å². The first-order valence-corrected chi connectivity index (χ1v) is 9.89. The van der Waals surface area contributed by atoms with E-state index in [2.05, 4.69) is 10.6 Å². The number of carbonyl (C=O) groups is 1. The van der Waals surface area contributed by atoms with Crippen LogP contribution < -0.4 is 14.5 Å². The lowest BCUT2D eigenvalue weighted by Gasteiger charge is -2.47. The first-order valence-electron chi connectivity index (χ1n) is 8.43. The van der Waals surface area contributed by atoms with Gasteiger partial charge < -0.3 is 33.2 Å². The standard InChI is InChI=1S/C17H21N2O7P/c1-17(2)16(24-10-25-27(21,22)23)15(19-7-3-4-14(19)20)12-8-11(9-18)5-6-13(12)26-17/h5-6,8,15-16H,3-4,7,10H2,1-2H3,(H2,21,22,23)/p-2/t15-,16+/m1/s1. The zero-order chi connectivity index (χ0) is 19.8. The average molecular weight is 394 g/mol. The van der Waals surface area contributed by atoms with E-state index in [0.717, 1.165) is 0 Å². The van der Waals surface area contributed by atoms with E-state index in [0.29, 0.717) is 36.3 Å². The number of rotatable bonds is 5. The van der Waals surface area contributed by atoms with Gasteiger partial charge in [0.25, 0.3) is 0 Å². The molecular formula is C17H19N2O7P-2.